The van der Waals surface area contributed by atoms with E-state index in [0.717, 1.165) is 6.20 Å². The lowest BCUT2D eigenvalue weighted by Crippen LogP contribution is -2.46. The molecule has 2 N–H and O–H groups in total. The monoisotopic (exact) mass is 422 g/mol. The van der Waals surface area contributed by atoms with E-state index in [1.54, 1.807) is 20.8 Å². The third-order valence-corrected chi connectivity index (χ3v) is 4.65. The molecule has 1 aliphatic heterocycles. The molecule has 1 amide bonds. The Morgan fingerprint density at radius 2 is 2.03 bits per heavy atom. The van der Waals surface area contributed by atoms with Gasteiger partial charge in [0.1, 0.15) is 18.5 Å². The van der Waals surface area contributed by atoms with Crippen LogP contribution in [0.15, 0.2) is 18.5 Å². The molecule has 2 heterocycles. The van der Waals surface area contributed by atoms with E-state index < -0.39 is 60.5 Å². The van der Waals surface area contributed by atoms with Crippen LogP contribution < -0.4 is 5.32 Å². The molecule has 10 nitrogen and oxygen atoms in total. The van der Waals surface area contributed by atoms with Crippen LogP contribution in [0.5, 0.6) is 5.75 Å². The van der Waals surface area contributed by atoms with Gasteiger partial charge in [-0.1, -0.05) is 20.8 Å². The summed E-state index contributed by atoms with van der Waals surface area (Å²) in [6.45, 7) is 6.05. The van der Waals surface area contributed by atoms with Gasteiger partial charge >= 0.3 is 17.9 Å². The Hall–Kier alpha value is -3.17. The third-order valence-electron chi connectivity index (χ3n) is 4.65. The molecule has 0 aliphatic carbocycles. The van der Waals surface area contributed by atoms with Crippen molar-refractivity contribution in [1.29, 1.82) is 0 Å². The van der Waals surface area contributed by atoms with E-state index in [2.05, 4.69) is 10.3 Å². The van der Waals surface area contributed by atoms with Crippen molar-refractivity contribution in [1.82, 2.24) is 10.3 Å². The number of amides is 1. The standard InChI is InChI=1S/C20H26N2O8/c1-5-12-16(30-18(25)10(2)3)11(4)29-20(27)14(9-28-19(12)26)22-17(24)13-6-7-21-8-15(13)23/h6-8,10-12,14,16,23H,5,9H2,1-4H3,(H,22,24)/t11-,12+,14?,16-/m0/s1. The summed E-state index contributed by atoms with van der Waals surface area (Å²) in [5.74, 6) is -4.48. The lowest BCUT2D eigenvalue weighted by Gasteiger charge is -2.29. The van der Waals surface area contributed by atoms with Gasteiger partial charge in [0.25, 0.3) is 5.91 Å². The van der Waals surface area contributed by atoms with Crippen molar-refractivity contribution in [2.24, 2.45) is 11.8 Å². The Balaban J connectivity index is 2.23. The van der Waals surface area contributed by atoms with Crippen LogP contribution in [0.2, 0.25) is 0 Å². The summed E-state index contributed by atoms with van der Waals surface area (Å²) >= 11 is 0. The molecule has 1 unspecified atom stereocenters. The highest BCUT2D eigenvalue weighted by atomic mass is 16.6. The smallest absolute Gasteiger partial charge is 0.332 e. The fourth-order valence-corrected chi connectivity index (χ4v) is 2.90. The van der Waals surface area contributed by atoms with Crippen molar-refractivity contribution >= 4 is 23.8 Å². The van der Waals surface area contributed by atoms with E-state index in [0.29, 0.717) is 6.42 Å². The van der Waals surface area contributed by atoms with Gasteiger partial charge < -0.3 is 24.6 Å². The molecule has 0 bridgehead atoms. The molecule has 2 rings (SSSR count). The third kappa shape index (κ3) is 5.46. The van der Waals surface area contributed by atoms with Crippen molar-refractivity contribution in [3.8, 4) is 5.75 Å². The van der Waals surface area contributed by atoms with Crippen LogP contribution in [-0.4, -0.2) is 58.8 Å². The molecule has 1 aliphatic rings. The number of nitrogens with one attached hydrogen (secondary N) is 1. The number of cyclic esters (lactones) is 2. The first kappa shape index (κ1) is 23.1. The Labute approximate surface area is 173 Å². The Kier molecular flexibility index (Phi) is 7.73. The SMILES string of the molecule is CC[C@H]1C(=O)OCC(NC(=O)c2ccncc2O)C(=O)O[C@@H](C)[C@@H]1OC(=O)C(C)C. The molecule has 164 valence electrons. The molecule has 1 fully saturated rings. The summed E-state index contributed by atoms with van der Waals surface area (Å²) in [6, 6.07) is -0.0394. The maximum atomic E-state index is 12.6. The summed E-state index contributed by atoms with van der Waals surface area (Å²) in [7, 11) is 0. The van der Waals surface area contributed by atoms with Gasteiger partial charge in [0.15, 0.2) is 12.1 Å². The van der Waals surface area contributed by atoms with Gasteiger partial charge in [0.05, 0.1) is 23.6 Å². The predicted octanol–water partition coefficient (Wildman–Crippen LogP) is 0.968. The van der Waals surface area contributed by atoms with Crippen LogP contribution in [0.4, 0.5) is 0 Å². The van der Waals surface area contributed by atoms with E-state index >= 15 is 0 Å². The number of ether oxygens (including phenoxy) is 3. The van der Waals surface area contributed by atoms with Crippen LogP contribution >= 0.6 is 0 Å². The zero-order chi connectivity index (χ0) is 22.4. The summed E-state index contributed by atoms with van der Waals surface area (Å²) in [4.78, 5) is 53.4. The fraction of sp³-hybridized carbons (Fsp3) is 0.550. The molecule has 0 aromatic carbocycles. The largest absolute Gasteiger partial charge is 0.505 e. The number of esters is 3. The molecule has 0 spiro atoms. The number of pyridine rings is 1. The van der Waals surface area contributed by atoms with Crippen molar-refractivity contribution in [3.05, 3.63) is 24.0 Å². The summed E-state index contributed by atoms with van der Waals surface area (Å²) < 4.78 is 16.0. The lowest BCUT2D eigenvalue weighted by atomic mass is 9.95. The van der Waals surface area contributed by atoms with E-state index in [4.69, 9.17) is 14.2 Å². The molecular formula is C20H26N2O8. The van der Waals surface area contributed by atoms with Gasteiger partial charge in [-0.3, -0.25) is 19.4 Å². The van der Waals surface area contributed by atoms with E-state index in [9.17, 15) is 24.3 Å². The number of rotatable bonds is 5. The lowest BCUT2D eigenvalue weighted by molar-refractivity contribution is -0.176. The molecule has 0 radical (unpaired) electrons. The molecule has 4 atom stereocenters. The van der Waals surface area contributed by atoms with Crippen LogP contribution in [0.3, 0.4) is 0 Å². The first-order valence-corrected chi connectivity index (χ1v) is 9.67. The average molecular weight is 422 g/mol. The maximum Gasteiger partial charge on any atom is 0.332 e. The first-order chi connectivity index (χ1) is 14.1. The van der Waals surface area contributed by atoms with Crippen molar-refractivity contribution < 1.29 is 38.5 Å². The topological polar surface area (TPSA) is 141 Å². The normalized spacial score (nSPS) is 24.7. The van der Waals surface area contributed by atoms with Gasteiger partial charge in [-0.15, -0.1) is 0 Å². The second-order valence-electron chi connectivity index (χ2n) is 7.26. The summed E-state index contributed by atoms with van der Waals surface area (Å²) in [5.41, 5.74) is -0.104. The summed E-state index contributed by atoms with van der Waals surface area (Å²) in [5, 5.41) is 12.1. The van der Waals surface area contributed by atoms with Crippen molar-refractivity contribution in [2.75, 3.05) is 6.61 Å². The predicted molar refractivity (Wildman–Crippen MR) is 102 cm³/mol. The minimum atomic E-state index is -1.31. The molecule has 1 saturated heterocycles. The highest BCUT2D eigenvalue weighted by molar-refractivity contribution is 5.98. The minimum absolute atomic E-state index is 0.104. The zero-order valence-corrected chi connectivity index (χ0v) is 17.3. The second-order valence-corrected chi connectivity index (χ2v) is 7.26. The van der Waals surface area contributed by atoms with Gasteiger partial charge in [-0.05, 0) is 19.4 Å². The Morgan fingerprint density at radius 3 is 2.63 bits per heavy atom. The van der Waals surface area contributed by atoms with Gasteiger partial charge in [-0.25, -0.2) is 4.79 Å². The molecule has 10 heteroatoms. The number of hydrogen-bond acceptors (Lipinski definition) is 9. The van der Waals surface area contributed by atoms with E-state index in [-0.39, 0.29) is 11.3 Å². The minimum Gasteiger partial charge on any atom is -0.505 e. The van der Waals surface area contributed by atoms with Crippen LogP contribution in [0.1, 0.15) is 44.5 Å². The Morgan fingerprint density at radius 1 is 1.33 bits per heavy atom. The van der Waals surface area contributed by atoms with Crippen LogP contribution in [0, 0.1) is 11.8 Å². The highest BCUT2D eigenvalue weighted by Crippen LogP contribution is 2.23. The number of carbonyl (C=O) groups excluding carboxylic acids is 4. The molecule has 0 saturated carbocycles. The number of hydrogen-bond donors (Lipinski definition) is 2. The molecule has 1 aromatic rings. The van der Waals surface area contributed by atoms with Crippen molar-refractivity contribution in [2.45, 2.75) is 52.4 Å². The Bertz CT molecular complexity index is 810. The van der Waals surface area contributed by atoms with Gasteiger partial charge in [0, 0.05) is 6.20 Å². The number of carbonyl (C=O) groups is 4. The summed E-state index contributed by atoms with van der Waals surface area (Å²) in [6.07, 6.45) is 0.693. The first-order valence-electron chi connectivity index (χ1n) is 9.67. The zero-order valence-electron chi connectivity index (χ0n) is 17.3. The number of aromatic nitrogens is 1. The van der Waals surface area contributed by atoms with Crippen LogP contribution in [-0.2, 0) is 28.6 Å². The molecular weight excluding hydrogens is 396 g/mol. The van der Waals surface area contributed by atoms with E-state index in [1.807, 2.05) is 0 Å². The van der Waals surface area contributed by atoms with Crippen molar-refractivity contribution in [3.63, 3.8) is 0 Å². The maximum absolute atomic E-state index is 12.6. The fourth-order valence-electron chi connectivity index (χ4n) is 2.90. The second kappa shape index (κ2) is 10.0. The van der Waals surface area contributed by atoms with E-state index in [1.165, 1.54) is 19.2 Å². The average Bonchev–Trinajstić information content (AvgIpc) is 2.73. The van der Waals surface area contributed by atoms with Gasteiger partial charge in [0.2, 0.25) is 0 Å². The quantitative estimate of drug-likeness (QED) is 0.524. The molecule has 30 heavy (non-hydrogen) atoms. The van der Waals surface area contributed by atoms with Gasteiger partial charge in [-0.2, -0.15) is 0 Å². The number of aromatic hydroxyl groups is 1. The van der Waals surface area contributed by atoms with Crippen LogP contribution in [0.25, 0.3) is 0 Å². The molecule has 1 aromatic heterocycles. The number of nitrogens with zero attached hydrogens (tertiary/aromatic N) is 1. The highest BCUT2D eigenvalue weighted by Gasteiger charge is 2.41.